The van der Waals surface area contributed by atoms with Crippen LogP contribution in [-0.4, -0.2) is 9.85 Å². The van der Waals surface area contributed by atoms with Gasteiger partial charge in [-0.1, -0.05) is 24.3 Å². The minimum absolute atomic E-state index is 0.147. The van der Waals surface area contributed by atoms with E-state index in [9.17, 15) is 29.9 Å². The number of benzene rings is 3. The van der Waals surface area contributed by atoms with Crippen molar-refractivity contribution in [1.29, 1.82) is 5.26 Å². The summed E-state index contributed by atoms with van der Waals surface area (Å²) in [6.45, 7) is 0. The second-order valence-electron chi connectivity index (χ2n) is 6.02. The predicted octanol–water partition coefficient (Wildman–Crippen LogP) is 5.50. The van der Waals surface area contributed by atoms with Gasteiger partial charge in [0.25, 0.3) is 5.69 Å². The van der Waals surface area contributed by atoms with Gasteiger partial charge >= 0.3 is 5.69 Å². The summed E-state index contributed by atoms with van der Waals surface area (Å²) < 4.78 is 18.9. The number of hydrogen-bond acceptors (Lipinski definition) is 6. The fraction of sp³-hybridized carbons (Fsp3) is 0. The number of halogens is 1. The third-order valence-corrected chi connectivity index (χ3v) is 4.03. The first-order valence-electron chi connectivity index (χ1n) is 8.46. The first-order valence-corrected chi connectivity index (χ1v) is 8.46. The Hall–Kier alpha value is -4.58. The number of nitriles is 1. The first-order chi connectivity index (χ1) is 14.4. The average Bonchev–Trinajstić information content (AvgIpc) is 2.73. The molecular weight excluding hydrogens is 393 g/mol. The second kappa shape index (κ2) is 8.62. The number of hydrogen-bond donors (Lipinski definition) is 0. The standard InChI is InChI=1S/C21H12FN3O5/c22-17-3-1-2-15(11-17)16(13-23)10-14-4-7-19(8-5-14)30-21-9-6-18(24(26)27)12-20(21)25(28)29/h1-12H/b16-10-. The zero-order valence-corrected chi connectivity index (χ0v) is 15.2. The van der Waals surface area contributed by atoms with Crippen molar-refractivity contribution < 1.29 is 19.0 Å². The lowest BCUT2D eigenvalue weighted by Gasteiger charge is -2.07. The summed E-state index contributed by atoms with van der Waals surface area (Å²) in [5.41, 5.74) is 0.358. The number of nitrogens with zero attached hydrogens (tertiary/aromatic N) is 3. The van der Waals surface area contributed by atoms with Crippen molar-refractivity contribution in [3.8, 4) is 17.6 Å². The molecule has 8 nitrogen and oxygen atoms in total. The largest absolute Gasteiger partial charge is 0.450 e. The first kappa shape index (κ1) is 20.2. The Morgan fingerprint density at radius 3 is 2.33 bits per heavy atom. The van der Waals surface area contributed by atoms with E-state index >= 15 is 0 Å². The van der Waals surface area contributed by atoms with E-state index in [2.05, 4.69) is 0 Å². The molecule has 0 radical (unpaired) electrons. The van der Waals surface area contributed by atoms with Gasteiger partial charge in [-0.2, -0.15) is 5.26 Å². The maximum Gasteiger partial charge on any atom is 0.318 e. The highest BCUT2D eigenvalue weighted by Crippen LogP contribution is 2.34. The van der Waals surface area contributed by atoms with Gasteiger partial charge in [0.15, 0.2) is 0 Å². The maximum absolute atomic E-state index is 13.4. The van der Waals surface area contributed by atoms with Gasteiger partial charge in [0, 0.05) is 6.07 Å². The van der Waals surface area contributed by atoms with E-state index in [4.69, 9.17) is 4.74 Å². The molecule has 0 spiro atoms. The van der Waals surface area contributed by atoms with E-state index in [1.54, 1.807) is 24.3 Å². The van der Waals surface area contributed by atoms with E-state index in [1.165, 1.54) is 30.3 Å². The lowest BCUT2D eigenvalue weighted by molar-refractivity contribution is -0.394. The van der Waals surface area contributed by atoms with Gasteiger partial charge in [-0.3, -0.25) is 20.2 Å². The van der Waals surface area contributed by atoms with Crippen molar-refractivity contribution in [3.05, 3.63) is 104 Å². The predicted molar refractivity (Wildman–Crippen MR) is 106 cm³/mol. The van der Waals surface area contributed by atoms with Gasteiger partial charge in [-0.15, -0.1) is 0 Å². The van der Waals surface area contributed by atoms with Crippen molar-refractivity contribution in [3.63, 3.8) is 0 Å². The lowest BCUT2D eigenvalue weighted by atomic mass is 10.0. The number of allylic oxidation sites excluding steroid dienone is 1. The number of rotatable bonds is 6. The van der Waals surface area contributed by atoms with Crippen LogP contribution in [0, 0.1) is 37.4 Å². The normalized spacial score (nSPS) is 10.9. The fourth-order valence-electron chi connectivity index (χ4n) is 2.61. The summed E-state index contributed by atoms with van der Waals surface area (Å²) in [6, 6.07) is 17.0. The van der Waals surface area contributed by atoms with Gasteiger partial charge in [0.1, 0.15) is 11.6 Å². The number of nitro benzene ring substituents is 2. The molecule has 3 aromatic rings. The van der Waals surface area contributed by atoms with Crippen molar-refractivity contribution in [2.45, 2.75) is 0 Å². The third kappa shape index (κ3) is 4.63. The van der Waals surface area contributed by atoms with Crippen LogP contribution < -0.4 is 4.74 Å². The van der Waals surface area contributed by atoms with Gasteiger partial charge in [-0.25, -0.2) is 4.39 Å². The fourth-order valence-corrected chi connectivity index (χ4v) is 2.61. The molecule has 0 amide bonds. The molecule has 148 valence electrons. The van der Waals surface area contributed by atoms with E-state index < -0.39 is 27.0 Å². The van der Waals surface area contributed by atoms with E-state index in [-0.39, 0.29) is 17.1 Å². The van der Waals surface area contributed by atoms with Crippen LogP contribution in [0.4, 0.5) is 15.8 Å². The van der Waals surface area contributed by atoms with Crippen LogP contribution in [0.15, 0.2) is 66.7 Å². The highest BCUT2D eigenvalue weighted by atomic mass is 19.1. The molecule has 0 bridgehead atoms. The van der Waals surface area contributed by atoms with Gasteiger partial charge < -0.3 is 4.74 Å². The highest BCUT2D eigenvalue weighted by Gasteiger charge is 2.21. The molecule has 0 heterocycles. The van der Waals surface area contributed by atoms with Crippen LogP contribution in [-0.2, 0) is 0 Å². The van der Waals surface area contributed by atoms with Crippen LogP contribution in [0.1, 0.15) is 11.1 Å². The van der Waals surface area contributed by atoms with Gasteiger partial charge in [0.05, 0.1) is 27.6 Å². The van der Waals surface area contributed by atoms with Gasteiger partial charge in [0.2, 0.25) is 5.75 Å². The third-order valence-electron chi connectivity index (χ3n) is 4.03. The van der Waals surface area contributed by atoms with Crippen LogP contribution in [0.25, 0.3) is 11.6 Å². The summed E-state index contributed by atoms with van der Waals surface area (Å²) in [6.07, 6.45) is 1.56. The van der Waals surface area contributed by atoms with Gasteiger partial charge in [-0.05, 0) is 47.5 Å². The number of nitro groups is 2. The minimum atomic E-state index is -0.766. The van der Waals surface area contributed by atoms with E-state index in [0.29, 0.717) is 11.1 Å². The Balaban J connectivity index is 1.85. The highest BCUT2D eigenvalue weighted by molar-refractivity contribution is 5.89. The molecule has 0 fully saturated rings. The monoisotopic (exact) mass is 405 g/mol. The minimum Gasteiger partial charge on any atom is -0.450 e. The zero-order chi connectivity index (χ0) is 21.7. The summed E-state index contributed by atoms with van der Waals surface area (Å²) in [4.78, 5) is 20.5. The maximum atomic E-state index is 13.4. The molecular formula is C21H12FN3O5. The SMILES string of the molecule is N#C/C(=C/c1ccc(Oc2ccc([N+](=O)[O-])cc2[N+](=O)[O-])cc1)c1cccc(F)c1. The van der Waals surface area contributed by atoms with Crippen molar-refractivity contribution in [1.82, 2.24) is 0 Å². The molecule has 0 unspecified atom stereocenters. The molecule has 0 N–H and O–H groups in total. The summed E-state index contributed by atoms with van der Waals surface area (Å²) in [5.74, 6) is -0.346. The Morgan fingerprint density at radius 2 is 1.73 bits per heavy atom. The molecule has 3 rings (SSSR count). The zero-order valence-electron chi connectivity index (χ0n) is 15.2. The number of ether oxygens (including phenoxy) is 1. The Labute approximate surface area is 169 Å². The second-order valence-corrected chi connectivity index (χ2v) is 6.02. The molecule has 0 saturated heterocycles. The van der Waals surface area contributed by atoms with E-state index in [0.717, 1.165) is 18.2 Å². The molecule has 3 aromatic carbocycles. The molecule has 0 aromatic heterocycles. The summed E-state index contributed by atoms with van der Waals surface area (Å²) >= 11 is 0. The molecule has 30 heavy (non-hydrogen) atoms. The summed E-state index contributed by atoms with van der Waals surface area (Å²) in [7, 11) is 0. The molecule has 0 aliphatic rings. The smallest absolute Gasteiger partial charge is 0.318 e. The van der Waals surface area contributed by atoms with Crippen molar-refractivity contribution >= 4 is 23.0 Å². The van der Waals surface area contributed by atoms with Crippen molar-refractivity contribution in [2.24, 2.45) is 0 Å². The molecule has 0 aliphatic carbocycles. The molecule has 9 heteroatoms. The molecule has 0 saturated carbocycles. The topological polar surface area (TPSA) is 119 Å². The Bertz CT molecular complexity index is 1200. The van der Waals surface area contributed by atoms with Crippen LogP contribution in [0.3, 0.4) is 0 Å². The Kier molecular flexibility index (Phi) is 5.79. The number of non-ortho nitro benzene ring substituents is 1. The van der Waals surface area contributed by atoms with Crippen LogP contribution in [0.5, 0.6) is 11.5 Å². The average molecular weight is 405 g/mol. The van der Waals surface area contributed by atoms with Crippen LogP contribution in [0.2, 0.25) is 0 Å². The van der Waals surface area contributed by atoms with Crippen molar-refractivity contribution in [2.75, 3.05) is 0 Å². The molecule has 0 aliphatic heterocycles. The summed E-state index contributed by atoms with van der Waals surface area (Å²) in [5, 5.41) is 31.3. The lowest BCUT2D eigenvalue weighted by Crippen LogP contribution is -1.96. The Morgan fingerprint density at radius 1 is 1.00 bits per heavy atom. The van der Waals surface area contributed by atoms with Crippen LogP contribution >= 0.6 is 0 Å². The molecule has 0 atom stereocenters. The van der Waals surface area contributed by atoms with E-state index in [1.807, 2.05) is 6.07 Å². The quantitative estimate of drug-likeness (QED) is 0.231.